The smallest absolute Gasteiger partial charge is 0.0912 e. The Morgan fingerprint density at radius 2 is 1.81 bits per heavy atom. The van der Waals surface area contributed by atoms with Crippen LogP contribution in [-0.4, -0.2) is 4.40 Å². The zero-order chi connectivity index (χ0) is 18.1. The van der Waals surface area contributed by atoms with Crippen LogP contribution in [0.4, 0.5) is 0 Å². The van der Waals surface area contributed by atoms with Gasteiger partial charge in [0.15, 0.2) is 0 Å². The Kier molecular flexibility index (Phi) is 4.20. The summed E-state index contributed by atoms with van der Waals surface area (Å²) in [5, 5.41) is 8.77. The van der Waals surface area contributed by atoms with E-state index in [1.165, 1.54) is 44.4 Å². The molecule has 0 N–H and O–H groups in total. The van der Waals surface area contributed by atoms with Crippen molar-refractivity contribution in [1.82, 2.24) is 4.40 Å². The fourth-order valence-electron chi connectivity index (χ4n) is 3.37. The summed E-state index contributed by atoms with van der Waals surface area (Å²) >= 11 is 1.71. The third-order valence-corrected chi connectivity index (χ3v) is 5.68. The number of thiophene rings is 1. The summed E-state index contributed by atoms with van der Waals surface area (Å²) in [5.41, 5.74) is 7.48. The number of rotatable bonds is 3. The molecule has 0 aliphatic rings. The Labute approximate surface area is 157 Å². The van der Waals surface area contributed by atoms with Crippen molar-refractivity contribution in [3.63, 3.8) is 0 Å². The maximum atomic E-state index is 8.77. The lowest BCUT2D eigenvalue weighted by Crippen LogP contribution is -1.87. The number of allylic oxidation sites excluding steroid dienone is 1. The predicted molar refractivity (Wildman–Crippen MR) is 110 cm³/mol. The number of hydrogen-bond donors (Lipinski definition) is 0. The van der Waals surface area contributed by atoms with E-state index in [1.54, 1.807) is 11.3 Å². The van der Waals surface area contributed by atoms with Gasteiger partial charge in [-0.3, -0.25) is 0 Å². The maximum absolute atomic E-state index is 8.77. The second-order valence-corrected chi connectivity index (χ2v) is 7.45. The van der Waals surface area contributed by atoms with Crippen molar-refractivity contribution in [3.05, 3.63) is 82.9 Å². The van der Waals surface area contributed by atoms with Crippen LogP contribution < -0.4 is 0 Å². The van der Waals surface area contributed by atoms with E-state index in [9.17, 15) is 0 Å². The molecule has 0 unspecified atom stereocenters. The Hall–Kier alpha value is -3.09. The first kappa shape index (κ1) is 16.4. The zero-order valence-electron chi connectivity index (χ0n) is 14.7. The molecule has 3 heteroatoms. The number of nitrogens with zero attached hydrogens (tertiary/aromatic N) is 2. The van der Waals surface area contributed by atoms with Crippen molar-refractivity contribution in [2.45, 2.75) is 13.8 Å². The van der Waals surface area contributed by atoms with E-state index in [0.29, 0.717) is 0 Å². The Balaban J connectivity index is 2.00. The average molecular weight is 354 g/mol. The summed E-state index contributed by atoms with van der Waals surface area (Å²) in [5.74, 6) is 0. The monoisotopic (exact) mass is 354 g/mol. The van der Waals surface area contributed by atoms with Gasteiger partial charge in [-0.15, -0.1) is 11.3 Å². The van der Waals surface area contributed by atoms with Crippen LogP contribution in [0.5, 0.6) is 0 Å². The molecule has 0 aliphatic carbocycles. The molecule has 0 bridgehead atoms. The molecule has 4 rings (SSSR count). The van der Waals surface area contributed by atoms with E-state index in [2.05, 4.69) is 85.1 Å². The third-order valence-electron chi connectivity index (χ3n) is 4.62. The maximum Gasteiger partial charge on any atom is 0.0912 e. The lowest BCUT2D eigenvalue weighted by Gasteiger charge is -2.06. The number of nitriles is 1. The molecule has 0 saturated heterocycles. The molecule has 0 fully saturated rings. The molecule has 0 radical (unpaired) electrons. The normalized spacial score (nSPS) is 11.3. The molecule has 126 valence electrons. The number of pyridine rings is 1. The highest BCUT2D eigenvalue weighted by atomic mass is 32.1. The van der Waals surface area contributed by atoms with Gasteiger partial charge in [-0.05, 0) is 55.3 Å². The van der Waals surface area contributed by atoms with Gasteiger partial charge >= 0.3 is 0 Å². The molecule has 0 saturated carbocycles. The fourth-order valence-corrected chi connectivity index (χ4v) is 4.33. The van der Waals surface area contributed by atoms with Crippen LogP contribution in [0, 0.1) is 25.2 Å². The highest BCUT2D eigenvalue weighted by Gasteiger charge is 2.19. The summed E-state index contributed by atoms with van der Waals surface area (Å²) in [6, 6.07) is 21.3. The minimum absolute atomic E-state index is 1.08. The minimum Gasteiger partial charge on any atom is -0.315 e. The van der Waals surface area contributed by atoms with E-state index in [-0.39, 0.29) is 0 Å². The molecule has 1 aromatic carbocycles. The average Bonchev–Trinajstić information content (AvgIpc) is 3.24. The highest BCUT2D eigenvalue weighted by molar-refractivity contribution is 7.16. The largest absolute Gasteiger partial charge is 0.315 e. The van der Waals surface area contributed by atoms with Crippen molar-refractivity contribution in [2.75, 3.05) is 0 Å². The number of aryl methyl sites for hydroxylation is 2. The number of aromatic nitrogens is 1. The van der Waals surface area contributed by atoms with E-state index in [0.717, 1.165) is 4.88 Å². The van der Waals surface area contributed by atoms with Crippen LogP contribution in [0.1, 0.15) is 16.0 Å². The first-order chi connectivity index (χ1) is 12.7. The van der Waals surface area contributed by atoms with Gasteiger partial charge in [0.25, 0.3) is 0 Å². The highest BCUT2D eigenvalue weighted by Crippen LogP contribution is 2.41. The summed E-state index contributed by atoms with van der Waals surface area (Å²) < 4.78 is 2.27. The van der Waals surface area contributed by atoms with Crippen LogP contribution in [0.25, 0.3) is 33.3 Å². The van der Waals surface area contributed by atoms with E-state index in [4.69, 9.17) is 5.26 Å². The summed E-state index contributed by atoms with van der Waals surface area (Å²) in [4.78, 5) is 2.28. The van der Waals surface area contributed by atoms with Gasteiger partial charge in [0, 0.05) is 28.2 Å². The SMILES string of the molecule is Cc1ccc(-c2c(C)c3ccccn3c2-c2ccc(/C=C\C#N)s2)cc1. The van der Waals surface area contributed by atoms with Gasteiger partial charge in [-0.2, -0.15) is 5.26 Å². The number of hydrogen-bond acceptors (Lipinski definition) is 2. The molecule has 3 heterocycles. The van der Waals surface area contributed by atoms with Crippen LogP contribution in [0.3, 0.4) is 0 Å². The Morgan fingerprint density at radius 3 is 2.58 bits per heavy atom. The van der Waals surface area contributed by atoms with Crippen LogP contribution >= 0.6 is 11.3 Å². The van der Waals surface area contributed by atoms with Crippen LogP contribution in [0.2, 0.25) is 0 Å². The summed E-state index contributed by atoms with van der Waals surface area (Å²) in [6.45, 7) is 4.30. The predicted octanol–water partition coefficient (Wildman–Crippen LogP) is 6.49. The molecule has 4 aromatic rings. The molecular weight excluding hydrogens is 336 g/mol. The van der Waals surface area contributed by atoms with Gasteiger partial charge in [0.2, 0.25) is 0 Å². The second-order valence-electron chi connectivity index (χ2n) is 6.33. The summed E-state index contributed by atoms with van der Waals surface area (Å²) in [6.07, 6.45) is 5.51. The molecule has 2 nitrogen and oxygen atoms in total. The van der Waals surface area contributed by atoms with Crippen LogP contribution in [0.15, 0.2) is 66.9 Å². The zero-order valence-corrected chi connectivity index (χ0v) is 15.5. The number of benzene rings is 1. The van der Waals surface area contributed by atoms with Crippen molar-refractivity contribution in [2.24, 2.45) is 0 Å². The van der Waals surface area contributed by atoms with Gasteiger partial charge in [-0.25, -0.2) is 0 Å². The van der Waals surface area contributed by atoms with Gasteiger partial charge in [-0.1, -0.05) is 35.9 Å². The molecule has 0 amide bonds. The lowest BCUT2D eigenvalue weighted by atomic mass is 10.00. The number of fused-ring (bicyclic) bond motifs is 1. The Bertz CT molecular complexity index is 1150. The topological polar surface area (TPSA) is 28.2 Å². The Morgan fingerprint density at radius 1 is 1.00 bits per heavy atom. The molecule has 26 heavy (non-hydrogen) atoms. The fraction of sp³-hybridized carbons (Fsp3) is 0.0870. The van der Waals surface area contributed by atoms with E-state index < -0.39 is 0 Å². The van der Waals surface area contributed by atoms with Crippen molar-refractivity contribution in [1.29, 1.82) is 5.26 Å². The molecule has 0 atom stereocenters. The van der Waals surface area contributed by atoms with Crippen LogP contribution in [-0.2, 0) is 0 Å². The first-order valence-electron chi connectivity index (χ1n) is 8.52. The standard InChI is InChI=1S/C23H18N2S/c1-16-8-10-18(11-9-16)22-17(2)20-7-3-4-15-25(20)23(22)21-13-12-19(26-21)6-5-14-24/h3-13,15H,1-2H3/b6-5-. The lowest BCUT2D eigenvalue weighted by molar-refractivity contribution is 1.21. The van der Waals surface area contributed by atoms with Crippen molar-refractivity contribution < 1.29 is 0 Å². The summed E-state index contributed by atoms with van der Waals surface area (Å²) in [7, 11) is 0. The van der Waals surface area contributed by atoms with Gasteiger partial charge in [0.05, 0.1) is 16.6 Å². The minimum atomic E-state index is 1.08. The van der Waals surface area contributed by atoms with Gasteiger partial charge < -0.3 is 4.40 Å². The van der Waals surface area contributed by atoms with Gasteiger partial charge in [0.1, 0.15) is 0 Å². The van der Waals surface area contributed by atoms with E-state index in [1.807, 2.05) is 6.08 Å². The molecule has 3 aromatic heterocycles. The molecule has 0 spiro atoms. The second kappa shape index (κ2) is 6.67. The van der Waals surface area contributed by atoms with E-state index >= 15 is 0 Å². The first-order valence-corrected chi connectivity index (χ1v) is 9.34. The van der Waals surface area contributed by atoms with Crippen molar-refractivity contribution in [3.8, 4) is 27.8 Å². The third kappa shape index (κ3) is 2.75. The molecule has 0 aliphatic heterocycles. The van der Waals surface area contributed by atoms with Crippen molar-refractivity contribution >= 4 is 22.9 Å². The molecular formula is C23H18N2S. The quantitative estimate of drug-likeness (QED) is 0.387.